The monoisotopic (exact) mass is 346 g/mol. The van der Waals surface area contributed by atoms with Crippen LogP contribution < -0.4 is 15.5 Å². The van der Waals surface area contributed by atoms with Crippen LogP contribution in [0.1, 0.15) is 0 Å². The van der Waals surface area contributed by atoms with Crippen molar-refractivity contribution in [3.05, 3.63) is 77.1 Å². The molecule has 4 rings (SSSR count). The predicted molar refractivity (Wildman–Crippen MR) is 98.4 cm³/mol. The van der Waals surface area contributed by atoms with E-state index in [2.05, 4.69) is 10.3 Å². The number of nitrogens with zero attached hydrogens (tertiary/aromatic N) is 1. The number of hydrogen-bond acceptors (Lipinski definition) is 5. The molecule has 0 fully saturated rings. The van der Waals surface area contributed by atoms with E-state index in [9.17, 15) is 9.59 Å². The minimum absolute atomic E-state index is 0.0960. The number of aromatic nitrogens is 1. The molecular formula is C20H14N2O4. The SMILES string of the molecule is O=C(COc1ccc2c(=O)c3ccccc3oc2c1)Nc1ccccn1. The predicted octanol–water partition coefficient (Wildman–Crippen LogP) is 3.36. The van der Waals surface area contributed by atoms with Gasteiger partial charge in [0, 0.05) is 12.3 Å². The number of rotatable bonds is 4. The molecule has 0 saturated carbocycles. The zero-order chi connectivity index (χ0) is 17.9. The van der Waals surface area contributed by atoms with Gasteiger partial charge in [-0.3, -0.25) is 9.59 Å². The number of nitrogens with one attached hydrogen (secondary N) is 1. The summed E-state index contributed by atoms with van der Waals surface area (Å²) >= 11 is 0. The summed E-state index contributed by atoms with van der Waals surface area (Å²) in [5.41, 5.74) is 0.827. The Hall–Kier alpha value is -3.67. The van der Waals surface area contributed by atoms with E-state index < -0.39 is 0 Å². The first-order chi connectivity index (χ1) is 12.7. The Morgan fingerprint density at radius 2 is 1.81 bits per heavy atom. The Balaban J connectivity index is 1.55. The number of ether oxygens (including phenoxy) is 1. The number of amides is 1. The molecule has 0 saturated heterocycles. The second-order valence-corrected chi connectivity index (χ2v) is 5.64. The van der Waals surface area contributed by atoms with E-state index in [1.54, 1.807) is 66.9 Å². The van der Waals surface area contributed by atoms with Crippen molar-refractivity contribution in [3.63, 3.8) is 0 Å². The smallest absolute Gasteiger partial charge is 0.263 e. The Bertz CT molecular complexity index is 1150. The van der Waals surface area contributed by atoms with Crippen LogP contribution in [0.15, 0.2) is 76.1 Å². The molecular weight excluding hydrogens is 332 g/mol. The van der Waals surface area contributed by atoms with E-state index in [0.717, 1.165) is 0 Å². The summed E-state index contributed by atoms with van der Waals surface area (Å²) in [5.74, 6) is 0.563. The number of carbonyl (C=O) groups excluding carboxylic acids is 1. The first-order valence-corrected chi connectivity index (χ1v) is 8.00. The maximum Gasteiger partial charge on any atom is 0.263 e. The second-order valence-electron chi connectivity index (χ2n) is 5.64. The molecule has 0 aliphatic carbocycles. The molecule has 0 atom stereocenters. The standard InChI is InChI=1S/C20H14N2O4/c23-19(22-18-7-3-4-10-21-18)12-25-13-8-9-15-17(11-13)26-16-6-2-1-5-14(16)20(15)24/h1-11H,12H2,(H,21,22,23). The molecule has 128 valence electrons. The van der Waals surface area contributed by atoms with Gasteiger partial charge >= 0.3 is 0 Å². The number of hydrogen-bond donors (Lipinski definition) is 1. The Kier molecular flexibility index (Phi) is 4.07. The molecule has 26 heavy (non-hydrogen) atoms. The molecule has 0 bridgehead atoms. The number of para-hydroxylation sites is 1. The van der Waals surface area contributed by atoms with Gasteiger partial charge in [0.05, 0.1) is 10.8 Å². The number of pyridine rings is 1. The molecule has 0 aliphatic rings. The van der Waals surface area contributed by atoms with E-state index in [0.29, 0.717) is 33.5 Å². The van der Waals surface area contributed by atoms with Gasteiger partial charge in [-0.2, -0.15) is 0 Å². The fourth-order valence-corrected chi connectivity index (χ4v) is 2.64. The minimum Gasteiger partial charge on any atom is -0.484 e. The van der Waals surface area contributed by atoms with Crippen LogP contribution in [0, 0.1) is 0 Å². The summed E-state index contributed by atoms with van der Waals surface area (Å²) < 4.78 is 11.3. The topological polar surface area (TPSA) is 81.4 Å². The first-order valence-electron chi connectivity index (χ1n) is 8.00. The van der Waals surface area contributed by atoms with Crippen LogP contribution in [0.3, 0.4) is 0 Å². The summed E-state index contributed by atoms with van der Waals surface area (Å²) in [6, 6.07) is 17.2. The molecule has 4 aromatic rings. The van der Waals surface area contributed by atoms with E-state index in [1.807, 2.05) is 0 Å². The maximum absolute atomic E-state index is 12.5. The molecule has 1 N–H and O–H groups in total. The van der Waals surface area contributed by atoms with Gasteiger partial charge in [0.15, 0.2) is 6.61 Å². The molecule has 0 spiro atoms. The molecule has 6 heteroatoms. The molecule has 2 aromatic carbocycles. The number of carbonyl (C=O) groups is 1. The van der Waals surface area contributed by atoms with Crippen LogP contribution in [-0.4, -0.2) is 17.5 Å². The molecule has 0 aliphatic heterocycles. The quantitative estimate of drug-likeness (QED) is 0.573. The fraction of sp³-hybridized carbons (Fsp3) is 0.0500. The van der Waals surface area contributed by atoms with Crippen molar-refractivity contribution in [2.75, 3.05) is 11.9 Å². The summed E-state index contributed by atoms with van der Waals surface area (Å²) in [6.07, 6.45) is 1.59. The average Bonchev–Trinajstić information content (AvgIpc) is 2.67. The van der Waals surface area contributed by atoms with Crippen molar-refractivity contribution in [1.29, 1.82) is 0 Å². The molecule has 2 heterocycles. The van der Waals surface area contributed by atoms with E-state index in [4.69, 9.17) is 9.15 Å². The molecule has 0 radical (unpaired) electrons. The van der Waals surface area contributed by atoms with E-state index in [-0.39, 0.29) is 17.9 Å². The van der Waals surface area contributed by atoms with Crippen LogP contribution in [-0.2, 0) is 4.79 Å². The number of benzene rings is 2. The van der Waals surface area contributed by atoms with Crippen LogP contribution in [0.5, 0.6) is 5.75 Å². The number of anilines is 1. The van der Waals surface area contributed by atoms with Gasteiger partial charge in [-0.15, -0.1) is 0 Å². The maximum atomic E-state index is 12.5. The summed E-state index contributed by atoms with van der Waals surface area (Å²) in [7, 11) is 0. The Morgan fingerprint density at radius 1 is 1.00 bits per heavy atom. The van der Waals surface area contributed by atoms with Crippen molar-refractivity contribution in [2.24, 2.45) is 0 Å². The zero-order valence-corrected chi connectivity index (χ0v) is 13.6. The third kappa shape index (κ3) is 3.12. The highest BCUT2D eigenvalue weighted by Crippen LogP contribution is 2.22. The number of fused-ring (bicyclic) bond motifs is 2. The van der Waals surface area contributed by atoms with Crippen LogP contribution in [0.25, 0.3) is 21.9 Å². The second kappa shape index (κ2) is 6.68. The molecule has 1 amide bonds. The van der Waals surface area contributed by atoms with Gasteiger partial charge < -0.3 is 14.5 Å². The largest absolute Gasteiger partial charge is 0.484 e. The Labute approximate surface area is 148 Å². The van der Waals surface area contributed by atoms with Crippen molar-refractivity contribution in [1.82, 2.24) is 4.98 Å². The van der Waals surface area contributed by atoms with Gasteiger partial charge in [-0.05, 0) is 36.4 Å². The highest BCUT2D eigenvalue weighted by Gasteiger charge is 2.09. The van der Waals surface area contributed by atoms with Crippen molar-refractivity contribution < 1.29 is 13.9 Å². The van der Waals surface area contributed by atoms with Gasteiger partial charge in [-0.25, -0.2) is 4.98 Å². The van der Waals surface area contributed by atoms with Crippen LogP contribution in [0.2, 0.25) is 0 Å². The third-order valence-electron chi connectivity index (χ3n) is 3.85. The highest BCUT2D eigenvalue weighted by atomic mass is 16.5. The van der Waals surface area contributed by atoms with Crippen LogP contribution in [0.4, 0.5) is 5.82 Å². The average molecular weight is 346 g/mol. The van der Waals surface area contributed by atoms with Gasteiger partial charge in [0.2, 0.25) is 5.43 Å². The third-order valence-corrected chi connectivity index (χ3v) is 3.85. The zero-order valence-electron chi connectivity index (χ0n) is 13.6. The lowest BCUT2D eigenvalue weighted by molar-refractivity contribution is -0.118. The lowest BCUT2D eigenvalue weighted by Gasteiger charge is -2.08. The van der Waals surface area contributed by atoms with Crippen LogP contribution >= 0.6 is 0 Å². The highest BCUT2D eigenvalue weighted by molar-refractivity contribution is 5.91. The minimum atomic E-state index is -0.330. The summed E-state index contributed by atoms with van der Waals surface area (Å²) in [4.78, 5) is 28.4. The van der Waals surface area contributed by atoms with Gasteiger partial charge in [-0.1, -0.05) is 18.2 Å². The van der Waals surface area contributed by atoms with Crippen molar-refractivity contribution >= 4 is 33.7 Å². The summed E-state index contributed by atoms with van der Waals surface area (Å²) in [5, 5.41) is 3.63. The van der Waals surface area contributed by atoms with Gasteiger partial charge in [0.25, 0.3) is 5.91 Å². The lowest BCUT2D eigenvalue weighted by Crippen LogP contribution is -2.20. The summed E-state index contributed by atoms with van der Waals surface area (Å²) in [6.45, 7) is -0.181. The van der Waals surface area contributed by atoms with E-state index >= 15 is 0 Å². The van der Waals surface area contributed by atoms with Gasteiger partial charge in [0.1, 0.15) is 22.7 Å². The van der Waals surface area contributed by atoms with E-state index in [1.165, 1.54) is 0 Å². The normalized spacial score (nSPS) is 10.8. The first kappa shape index (κ1) is 15.8. The molecule has 6 nitrogen and oxygen atoms in total. The lowest BCUT2D eigenvalue weighted by atomic mass is 10.1. The van der Waals surface area contributed by atoms with Crippen molar-refractivity contribution in [2.45, 2.75) is 0 Å². The molecule has 2 aromatic heterocycles. The molecule has 0 unspecified atom stereocenters. The fourth-order valence-electron chi connectivity index (χ4n) is 2.64. The van der Waals surface area contributed by atoms with Crippen molar-refractivity contribution in [3.8, 4) is 5.75 Å². The Morgan fingerprint density at radius 3 is 2.65 bits per heavy atom.